The van der Waals surface area contributed by atoms with E-state index in [4.69, 9.17) is 9.47 Å². The SMILES string of the molecule is CCOc1ccc(S(=O)(=O)NCCC(=O)OCC2CCCCC2)cc1. The number of hydrogen-bond acceptors (Lipinski definition) is 5. The number of benzene rings is 1. The van der Waals surface area contributed by atoms with Gasteiger partial charge in [0, 0.05) is 6.54 Å². The van der Waals surface area contributed by atoms with E-state index in [0.717, 1.165) is 12.8 Å². The molecule has 1 aliphatic carbocycles. The van der Waals surface area contributed by atoms with Crippen LogP contribution in [0.25, 0.3) is 0 Å². The molecule has 0 radical (unpaired) electrons. The van der Waals surface area contributed by atoms with Gasteiger partial charge in [-0.1, -0.05) is 19.3 Å². The van der Waals surface area contributed by atoms with Gasteiger partial charge in [-0.05, 0) is 49.9 Å². The average Bonchev–Trinajstić information content (AvgIpc) is 2.61. The fourth-order valence-corrected chi connectivity index (χ4v) is 3.92. The molecule has 0 aliphatic heterocycles. The second kappa shape index (κ2) is 9.77. The zero-order valence-corrected chi connectivity index (χ0v) is 15.5. The van der Waals surface area contributed by atoms with Crippen molar-refractivity contribution in [3.05, 3.63) is 24.3 Å². The minimum Gasteiger partial charge on any atom is -0.494 e. The number of ether oxygens (including phenoxy) is 2. The van der Waals surface area contributed by atoms with Gasteiger partial charge >= 0.3 is 5.97 Å². The van der Waals surface area contributed by atoms with Gasteiger partial charge in [-0.2, -0.15) is 0 Å². The van der Waals surface area contributed by atoms with E-state index in [9.17, 15) is 13.2 Å². The van der Waals surface area contributed by atoms with Gasteiger partial charge in [-0.3, -0.25) is 4.79 Å². The number of carbonyl (C=O) groups excluding carboxylic acids is 1. The van der Waals surface area contributed by atoms with E-state index in [1.54, 1.807) is 12.1 Å². The van der Waals surface area contributed by atoms with Gasteiger partial charge in [0.15, 0.2) is 0 Å². The molecule has 25 heavy (non-hydrogen) atoms. The van der Waals surface area contributed by atoms with Crippen LogP contribution in [0.4, 0.5) is 0 Å². The lowest BCUT2D eigenvalue weighted by Gasteiger charge is -2.21. The van der Waals surface area contributed by atoms with Crippen molar-refractivity contribution in [3.63, 3.8) is 0 Å². The van der Waals surface area contributed by atoms with Crippen molar-refractivity contribution in [3.8, 4) is 5.75 Å². The highest BCUT2D eigenvalue weighted by atomic mass is 32.2. The summed E-state index contributed by atoms with van der Waals surface area (Å²) in [5.41, 5.74) is 0. The maximum Gasteiger partial charge on any atom is 0.307 e. The zero-order chi connectivity index (χ0) is 18.1. The minimum absolute atomic E-state index is 0.0268. The largest absolute Gasteiger partial charge is 0.494 e. The number of esters is 1. The Morgan fingerprint density at radius 1 is 1.16 bits per heavy atom. The van der Waals surface area contributed by atoms with E-state index in [1.807, 2.05) is 6.92 Å². The summed E-state index contributed by atoms with van der Waals surface area (Å²) in [7, 11) is -3.64. The molecule has 1 aromatic carbocycles. The van der Waals surface area contributed by atoms with E-state index in [1.165, 1.54) is 31.4 Å². The van der Waals surface area contributed by atoms with Crippen LogP contribution in [0.1, 0.15) is 45.4 Å². The first-order valence-electron chi connectivity index (χ1n) is 8.89. The lowest BCUT2D eigenvalue weighted by Crippen LogP contribution is -2.27. The van der Waals surface area contributed by atoms with Crippen LogP contribution in [0.5, 0.6) is 5.75 Å². The molecule has 6 nitrogen and oxygen atoms in total. The number of carbonyl (C=O) groups is 1. The predicted molar refractivity (Wildman–Crippen MR) is 95.0 cm³/mol. The molecule has 0 heterocycles. The normalized spacial score (nSPS) is 15.7. The summed E-state index contributed by atoms with van der Waals surface area (Å²) in [6.45, 7) is 2.86. The Morgan fingerprint density at radius 2 is 1.84 bits per heavy atom. The van der Waals surface area contributed by atoms with Crippen molar-refractivity contribution in [2.24, 2.45) is 5.92 Å². The second-order valence-electron chi connectivity index (χ2n) is 6.24. The van der Waals surface area contributed by atoms with Crippen LogP contribution in [0.15, 0.2) is 29.2 Å². The summed E-state index contributed by atoms with van der Waals surface area (Å²) in [6, 6.07) is 6.18. The third kappa shape index (κ3) is 6.66. The van der Waals surface area contributed by atoms with E-state index in [0.29, 0.717) is 24.9 Å². The van der Waals surface area contributed by atoms with Gasteiger partial charge in [0.1, 0.15) is 5.75 Å². The molecule has 2 rings (SSSR count). The standard InChI is InChI=1S/C18H27NO5S/c1-2-23-16-8-10-17(11-9-16)25(21,22)19-13-12-18(20)24-14-15-6-4-3-5-7-15/h8-11,15,19H,2-7,12-14H2,1H3. The monoisotopic (exact) mass is 369 g/mol. The molecule has 1 saturated carbocycles. The van der Waals surface area contributed by atoms with Crippen LogP contribution in [0.2, 0.25) is 0 Å². The molecule has 0 spiro atoms. The molecule has 0 aromatic heterocycles. The quantitative estimate of drug-likeness (QED) is 0.677. The lowest BCUT2D eigenvalue weighted by molar-refractivity contribution is -0.145. The molecule has 7 heteroatoms. The third-order valence-corrected chi connectivity index (χ3v) is 5.75. The lowest BCUT2D eigenvalue weighted by atomic mass is 9.90. The predicted octanol–water partition coefficient (Wildman–Crippen LogP) is 2.88. The van der Waals surface area contributed by atoms with E-state index < -0.39 is 10.0 Å². The van der Waals surface area contributed by atoms with Crippen molar-refractivity contribution >= 4 is 16.0 Å². The molecule has 0 saturated heterocycles. The van der Waals surface area contributed by atoms with Crippen molar-refractivity contribution < 1.29 is 22.7 Å². The summed E-state index contributed by atoms with van der Waals surface area (Å²) in [5.74, 6) is 0.714. The smallest absolute Gasteiger partial charge is 0.307 e. The number of nitrogens with one attached hydrogen (secondary N) is 1. The Bertz CT molecular complexity index is 636. The molecule has 1 fully saturated rings. The second-order valence-corrected chi connectivity index (χ2v) is 8.01. The van der Waals surface area contributed by atoms with Gasteiger partial charge in [0.2, 0.25) is 10.0 Å². The highest BCUT2D eigenvalue weighted by Gasteiger charge is 2.17. The summed E-state index contributed by atoms with van der Waals surface area (Å²) in [6.07, 6.45) is 5.91. The molecule has 0 atom stereocenters. The molecule has 140 valence electrons. The van der Waals surface area contributed by atoms with Gasteiger partial charge in [-0.15, -0.1) is 0 Å². The zero-order valence-electron chi connectivity index (χ0n) is 14.7. The summed E-state index contributed by atoms with van der Waals surface area (Å²) < 4.78 is 37.3. The minimum atomic E-state index is -3.64. The van der Waals surface area contributed by atoms with Crippen LogP contribution in [-0.2, 0) is 19.6 Å². The van der Waals surface area contributed by atoms with Crippen molar-refractivity contribution in [2.45, 2.75) is 50.3 Å². The molecular formula is C18H27NO5S. The summed E-state index contributed by atoms with van der Waals surface area (Å²) in [5, 5.41) is 0. The molecule has 0 amide bonds. The maximum atomic E-state index is 12.2. The van der Waals surface area contributed by atoms with Gasteiger partial charge in [0.25, 0.3) is 0 Å². The fraction of sp³-hybridized carbons (Fsp3) is 0.611. The first-order chi connectivity index (χ1) is 12.0. The Labute approximate surface area is 150 Å². The first kappa shape index (κ1) is 19.7. The van der Waals surface area contributed by atoms with Gasteiger partial charge < -0.3 is 9.47 Å². The number of hydrogen-bond donors (Lipinski definition) is 1. The molecule has 1 N–H and O–H groups in total. The Balaban J connectivity index is 1.72. The van der Waals surface area contributed by atoms with E-state index in [-0.39, 0.29) is 23.8 Å². The Kier molecular flexibility index (Phi) is 7.71. The van der Waals surface area contributed by atoms with E-state index in [2.05, 4.69) is 4.72 Å². The number of sulfonamides is 1. The first-order valence-corrected chi connectivity index (χ1v) is 10.4. The van der Waals surface area contributed by atoms with Crippen molar-refractivity contribution in [2.75, 3.05) is 19.8 Å². The molecule has 0 unspecified atom stereocenters. The van der Waals surface area contributed by atoms with Crippen molar-refractivity contribution in [1.82, 2.24) is 4.72 Å². The van der Waals surface area contributed by atoms with Gasteiger partial charge in [-0.25, -0.2) is 13.1 Å². The van der Waals surface area contributed by atoms with Gasteiger partial charge in [0.05, 0.1) is 24.5 Å². The topological polar surface area (TPSA) is 81.7 Å². The van der Waals surface area contributed by atoms with E-state index >= 15 is 0 Å². The fourth-order valence-electron chi connectivity index (χ4n) is 2.89. The maximum absolute atomic E-state index is 12.2. The molecule has 0 bridgehead atoms. The van der Waals surface area contributed by atoms with Crippen LogP contribution in [-0.4, -0.2) is 34.1 Å². The van der Waals surface area contributed by atoms with Crippen LogP contribution >= 0.6 is 0 Å². The van der Waals surface area contributed by atoms with Crippen LogP contribution in [0, 0.1) is 5.92 Å². The number of rotatable bonds is 9. The van der Waals surface area contributed by atoms with Crippen LogP contribution < -0.4 is 9.46 Å². The average molecular weight is 369 g/mol. The van der Waals surface area contributed by atoms with Crippen molar-refractivity contribution in [1.29, 1.82) is 0 Å². The third-order valence-electron chi connectivity index (χ3n) is 4.27. The Hall–Kier alpha value is -1.60. The molecular weight excluding hydrogens is 342 g/mol. The highest BCUT2D eigenvalue weighted by molar-refractivity contribution is 7.89. The summed E-state index contributed by atoms with van der Waals surface area (Å²) in [4.78, 5) is 11.9. The molecule has 1 aromatic rings. The molecule has 1 aliphatic rings. The highest BCUT2D eigenvalue weighted by Crippen LogP contribution is 2.23. The summed E-state index contributed by atoms with van der Waals surface area (Å²) >= 11 is 0. The Morgan fingerprint density at radius 3 is 2.48 bits per heavy atom. The van der Waals surface area contributed by atoms with Crippen LogP contribution in [0.3, 0.4) is 0 Å².